The maximum absolute atomic E-state index is 5.41. The third-order valence-corrected chi connectivity index (χ3v) is 10.4. The van der Waals surface area contributed by atoms with Gasteiger partial charge in [0.05, 0.1) is 11.7 Å². The van der Waals surface area contributed by atoms with E-state index in [-0.39, 0.29) is 12.0 Å². The van der Waals surface area contributed by atoms with Gasteiger partial charge in [0.15, 0.2) is 0 Å². The second-order valence-electron chi connectivity index (χ2n) is 13.7. The van der Waals surface area contributed by atoms with Gasteiger partial charge in [-0.05, 0) is 105 Å². The molecule has 0 aliphatic carbocycles. The molecule has 0 N–H and O–H groups in total. The molecule has 2 nitrogen and oxygen atoms in total. The van der Waals surface area contributed by atoms with E-state index in [1.165, 1.54) is 49.4 Å². The summed E-state index contributed by atoms with van der Waals surface area (Å²) >= 11 is 0. The quantitative estimate of drug-likeness (QED) is 0.105. The second-order valence-corrected chi connectivity index (χ2v) is 13.7. The predicted molar refractivity (Wildman–Crippen MR) is 221 cm³/mol. The van der Waals surface area contributed by atoms with Crippen molar-refractivity contribution in [2.75, 3.05) is 0 Å². The Balaban J connectivity index is 1.27. The number of benzene rings is 7. The summed E-state index contributed by atoms with van der Waals surface area (Å²) in [4.78, 5) is 10.5. The summed E-state index contributed by atoms with van der Waals surface area (Å²) in [6.07, 6.45) is 3.89. The fourth-order valence-corrected chi connectivity index (χ4v) is 7.58. The zero-order chi connectivity index (χ0) is 35.3. The number of rotatable bonds is 10. The molecule has 252 valence electrons. The summed E-state index contributed by atoms with van der Waals surface area (Å²) in [6, 6.07) is 63.2. The van der Waals surface area contributed by atoms with Crippen LogP contribution in [0.15, 0.2) is 187 Å². The molecule has 1 heterocycles. The molecule has 8 aromatic rings. The molecule has 0 saturated heterocycles. The lowest BCUT2D eigenvalue weighted by atomic mass is 9.84. The molecule has 0 amide bonds. The average molecular weight is 671 g/mol. The normalized spacial score (nSPS) is 12.9. The van der Waals surface area contributed by atoms with Crippen LogP contribution in [0.5, 0.6) is 0 Å². The van der Waals surface area contributed by atoms with Crippen LogP contribution >= 0.6 is 0 Å². The van der Waals surface area contributed by atoms with Gasteiger partial charge in [0.2, 0.25) is 0 Å². The number of hydrogen-bond acceptors (Lipinski definition) is 2. The zero-order valence-electron chi connectivity index (χ0n) is 29.8. The molecule has 0 aliphatic rings. The number of aromatic nitrogens is 1. The number of aliphatic imine (C=N–C) groups is 1. The Hall–Kier alpha value is -6.12. The summed E-state index contributed by atoms with van der Waals surface area (Å²) < 4.78 is 0. The van der Waals surface area contributed by atoms with Crippen molar-refractivity contribution in [1.82, 2.24) is 4.98 Å². The van der Waals surface area contributed by atoms with Crippen LogP contribution in [-0.4, -0.2) is 10.7 Å². The standard InChI is InChI=1S/C50H42N2/c1-3-36(33-50(39-21-11-6-12-22-39)52-35(2)37-17-7-4-8-18-37)42-29-43(48-32-40-23-13-14-24-45(40)46-25-15-16-26-47(46)48)31-44(30-42)49-28-27-41(34-51-49)38-19-9-5-10-20-38/h4-32,34,36,50H,3,33H2,1-2H3/b52-35+. The smallest absolute Gasteiger partial charge is 0.0758 e. The van der Waals surface area contributed by atoms with Gasteiger partial charge in [-0.1, -0.05) is 159 Å². The molecule has 52 heavy (non-hydrogen) atoms. The van der Waals surface area contributed by atoms with Crippen molar-refractivity contribution in [3.8, 4) is 33.5 Å². The summed E-state index contributed by atoms with van der Waals surface area (Å²) in [5.41, 5.74) is 11.6. The van der Waals surface area contributed by atoms with E-state index in [9.17, 15) is 0 Å². The van der Waals surface area contributed by atoms with Crippen LogP contribution in [0.3, 0.4) is 0 Å². The van der Waals surface area contributed by atoms with Crippen LogP contribution in [-0.2, 0) is 0 Å². The summed E-state index contributed by atoms with van der Waals surface area (Å²) in [7, 11) is 0. The van der Waals surface area contributed by atoms with E-state index in [0.717, 1.165) is 40.9 Å². The Morgan fingerprint density at radius 2 is 1.17 bits per heavy atom. The first-order valence-electron chi connectivity index (χ1n) is 18.4. The Kier molecular flexibility index (Phi) is 9.54. The Bertz CT molecular complexity index is 2470. The van der Waals surface area contributed by atoms with Crippen molar-refractivity contribution < 1.29 is 0 Å². The SMILES string of the molecule is CCC(CC(/N=C(\C)c1ccccc1)c1ccccc1)c1cc(-c2ccc(-c3ccccc3)cn2)cc(-c2cc3ccccc3c3ccccc23)c1. The fourth-order valence-electron chi connectivity index (χ4n) is 7.58. The van der Waals surface area contributed by atoms with E-state index < -0.39 is 0 Å². The van der Waals surface area contributed by atoms with Gasteiger partial charge in [-0.2, -0.15) is 0 Å². The first kappa shape index (κ1) is 33.0. The molecular weight excluding hydrogens is 629 g/mol. The van der Waals surface area contributed by atoms with Gasteiger partial charge in [-0.3, -0.25) is 9.98 Å². The highest BCUT2D eigenvalue weighted by Crippen LogP contribution is 2.41. The van der Waals surface area contributed by atoms with Gasteiger partial charge >= 0.3 is 0 Å². The lowest BCUT2D eigenvalue weighted by molar-refractivity contribution is 0.532. The fraction of sp³-hybridized carbons (Fsp3) is 0.120. The summed E-state index contributed by atoms with van der Waals surface area (Å²) in [6.45, 7) is 4.45. The maximum atomic E-state index is 5.41. The number of fused-ring (bicyclic) bond motifs is 3. The lowest BCUT2D eigenvalue weighted by Gasteiger charge is -2.23. The summed E-state index contributed by atoms with van der Waals surface area (Å²) in [5.74, 6) is 0.270. The molecule has 2 unspecified atom stereocenters. The van der Waals surface area contributed by atoms with E-state index in [0.29, 0.717) is 0 Å². The molecular formula is C50H42N2. The van der Waals surface area contributed by atoms with E-state index in [4.69, 9.17) is 9.98 Å². The minimum absolute atomic E-state index is 0.0169. The van der Waals surface area contributed by atoms with Gasteiger partial charge in [-0.25, -0.2) is 0 Å². The molecule has 2 heteroatoms. The minimum Gasteiger partial charge on any atom is -0.281 e. The van der Waals surface area contributed by atoms with Gasteiger partial charge in [0, 0.05) is 23.0 Å². The Morgan fingerprint density at radius 1 is 0.538 bits per heavy atom. The molecule has 0 saturated carbocycles. The minimum atomic E-state index is 0.0169. The lowest BCUT2D eigenvalue weighted by Crippen LogP contribution is -2.08. The van der Waals surface area contributed by atoms with E-state index in [1.807, 2.05) is 6.20 Å². The average Bonchev–Trinajstić information content (AvgIpc) is 3.23. The van der Waals surface area contributed by atoms with Crippen LogP contribution in [0.2, 0.25) is 0 Å². The molecule has 1 aromatic heterocycles. The van der Waals surface area contributed by atoms with Crippen LogP contribution in [0.25, 0.3) is 55.1 Å². The third kappa shape index (κ3) is 6.93. The van der Waals surface area contributed by atoms with E-state index in [2.05, 4.69) is 190 Å². The van der Waals surface area contributed by atoms with E-state index >= 15 is 0 Å². The predicted octanol–water partition coefficient (Wildman–Crippen LogP) is 13.5. The number of nitrogens with zero attached hydrogens (tertiary/aromatic N) is 2. The molecule has 8 rings (SSSR count). The zero-order valence-corrected chi connectivity index (χ0v) is 29.8. The topological polar surface area (TPSA) is 25.2 Å². The first-order chi connectivity index (χ1) is 25.6. The molecule has 2 atom stereocenters. The van der Waals surface area contributed by atoms with Gasteiger partial charge in [-0.15, -0.1) is 0 Å². The van der Waals surface area contributed by atoms with Crippen molar-refractivity contribution >= 4 is 27.3 Å². The van der Waals surface area contributed by atoms with Crippen molar-refractivity contribution in [2.24, 2.45) is 4.99 Å². The molecule has 0 bridgehead atoms. The third-order valence-electron chi connectivity index (χ3n) is 10.4. The highest BCUT2D eigenvalue weighted by Gasteiger charge is 2.21. The van der Waals surface area contributed by atoms with Crippen LogP contribution in [0.4, 0.5) is 0 Å². The Morgan fingerprint density at radius 3 is 1.88 bits per heavy atom. The van der Waals surface area contributed by atoms with Gasteiger partial charge < -0.3 is 0 Å². The van der Waals surface area contributed by atoms with Crippen molar-refractivity contribution in [2.45, 2.75) is 38.6 Å². The summed E-state index contributed by atoms with van der Waals surface area (Å²) in [5, 5.41) is 5.06. The molecule has 0 spiro atoms. The van der Waals surface area contributed by atoms with Gasteiger partial charge in [0.25, 0.3) is 0 Å². The molecule has 0 aliphatic heterocycles. The van der Waals surface area contributed by atoms with Crippen molar-refractivity contribution in [3.63, 3.8) is 0 Å². The Labute approximate surface area is 307 Å². The largest absolute Gasteiger partial charge is 0.281 e. The molecule has 0 fully saturated rings. The van der Waals surface area contributed by atoms with E-state index in [1.54, 1.807) is 0 Å². The monoisotopic (exact) mass is 670 g/mol. The van der Waals surface area contributed by atoms with Crippen LogP contribution < -0.4 is 0 Å². The first-order valence-corrected chi connectivity index (χ1v) is 18.4. The van der Waals surface area contributed by atoms with Crippen LogP contribution in [0, 0.1) is 0 Å². The van der Waals surface area contributed by atoms with Crippen molar-refractivity contribution in [1.29, 1.82) is 0 Å². The highest BCUT2D eigenvalue weighted by molar-refractivity contribution is 6.13. The maximum Gasteiger partial charge on any atom is 0.0758 e. The van der Waals surface area contributed by atoms with Crippen molar-refractivity contribution in [3.05, 3.63) is 199 Å². The number of pyridine rings is 1. The molecule has 7 aromatic carbocycles. The second kappa shape index (κ2) is 15.0. The van der Waals surface area contributed by atoms with Gasteiger partial charge in [0.1, 0.15) is 0 Å². The molecule has 0 radical (unpaired) electrons. The number of hydrogen-bond donors (Lipinski definition) is 0. The highest BCUT2D eigenvalue weighted by atomic mass is 14.8. The van der Waals surface area contributed by atoms with Crippen LogP contribution in [0.1, 0.15) is 55.3 Å².